The molecule has 2 atom stereocenters. The van der Waals surface area contributed by atoms with Gasteiger partial charge >= 0.3 is 0 Å². The number of hydrogen-bond acceptors (Lipinski definition) is 3. The second-order valence-corrected chi connectivity index (χ2v) is 4.01. The van der Waals surface area contributed by atoms with Crippen LogP contribution in [0.4, 0.5) is 0 Å². The van der Waals surface area contributed by atoms with Crippen molar-refractivity contribution in [1.82, 2.24) is 5.32 Å². The van der Waals surface area contributed by atoms with Crippen molar-refractivity contribution in [3.05, 3.63) is 0 Å². The van der Waals surface area contributed by atoms with Crippen molar-refractivity contribution in [2.24, 2.45) is 17.6 Å². The summed E-state index contributed by atoms with van der Waals surface area (Å²) in [6.07, 6.45) is 0.673. The lowest BCUT2D eigenvalue weighted by Crippen LogP contribution is -2.42. The van der Waals surface area contributed by atoms with E-state index in [0.29, 0.717) is 18.9 Å². The van der Waals surface area contributed by atoms with E-state index in [0.717, 1.165) is 0 Å². The Balaban J connectivity index is 3.80. The van der Waals surface area contributed by atoms with Crippen molar-refractivity contribution in [2.75, 3.05) is 6.54 Å². The molecule has 0 spiro atoms. The Hall–Kier alpha value is -1.08. The van der Waals surface area contributed by atoms with Crippen LogP contribution in [0.1, 0.15) is 27.2 Å². The third-order valence-corrected chi connectivity index (χ3v) is 1.86. The molecule has 1 unspecified atom stereocenters. The van der Waals surface area contributed by atoms with Gasteiger partial charge in [0, 0.05) is 6.54 Å². The van der Waals surface area contributed by atoms with Gasteiger partial charge in [-0.25, -0.2) is 0 Å². The Morgan fingerprint density at radius 2 is 2.07 bits per heavy atom. The minimum absolute atomic E-state index is 0.162. The summed E-state index contributed by atoms with van der Waals surface area (Å²) < 4.78 is 0. The van der Waals surface area contributed by atoms with E-state index < -0.39 is 6.04 Å². The Morgan fingerprint density at radius 1 is 1.50 bits per heavy atom. The fraction of sp³-hybridized carbons (Fsp3) is 0.800. The lowest BCUT2D eigenvalue weighted by Gasteiger charge is -2.14. The largest absolute Gasteiger partial charge is 0.353 e. The SMILES string of the molecule is CC(C)C[C@H](N)C(=O)NCC(C)C#N. The van der Waals surface area contributed by atoms with Crippen LogP contribution in [-0.2, 0) is 4.79 Å². The zero-order valence-electron chi connectivity index (χ0n) is 9.08. The summed E-state index contributed by atoms with van der Waals surface area (Å²) in [5.74, 6) is 0.0788. The number of nitrogens with zero attached hydrogens (tertiary/aromatic N) is 1. The molecule has 80 valence electrons. The van der Waals surface area contributed by atoms with E-state index in [9.17, 15) is 4.79 Å². The maximum absolute atomic E-state index is 11.4. The van der Waals surface area contributed by atoms with Gasteiger partial charge in [-0.15, -0.1) is 0 Å². The fourth-order valence-electron chi connectivity index (χ4n) is 1.05. The van der Waals surface area contributed by atoms with Crippen LogP contribution in [-0.4, -0.2) is 18.5 Å². The van der Waals surface area contributed by atoms with Crippen LogP contribution in [0.15, 0.2) is 0 Å². The van der Waals surface area contributed by atoms with Gasteiger partial charge in [0.25, 0.3) is 0 Å². The number of nitrogens with one attached hydrogen (secondary N) is 1. The van der Waals surface area contributed by atoms with Crippen molar-refractivity contribution in [3.8, 4) is 6.07 Å². The zero-order valence-corrected chi connectivity index (χ0v) is 9.08. The highest BCUT2D eigenvalue weighted by molar-refractivity contribution is 5.81. The average Bonchev–Trinajstić information content (AvgIpc) is 2.12. The number of carbonyl (C=O) groups excluding carboxylic acids is 1. The maximum Gasteiger partial charge on any atom is 0.236 e. The molecular weight excluding hydrogens is 178 g/mol. The molecule has 0 bridgehead atoms. The highest BCUT2D eigenvalue weighted by Crippen LogP contribution is 2.02. The molecule has 0 aromatic carbocycles. The van der Waals surface area contributed by atoms with Crippen molar-refractivity contribution < 1.29 is 4.79 Å². The van der Waals surface area contributed by atoms with Crippen LogP contribution in [0.5, 0.6) is 0 Å². The molecule has 0 aromatic rings. The molecule has 1 amide bonds. The molecule has 0 aromatic heterocycles. The molecule has 0 radical (unpaired) electrons. The molecule has 0 fully saturated rings. The first-order chi connectivity index (χ1) is 6.47. The third kappa shape index (κ3) is 5.55. The van der Waals surface area contributed by atoms with Crippen LogP contribution in [0.25, 0.3) is 0 Å². The first kappa shape index (κ1) is 12.9. The van der Waals surface area contributed by atoms with Gasteiger partial charge in [0.05, 0.1) is 18.0 Å². The first-order valence-electron chi connectivity index (χ1n) is 4.90. The van der Waals surface area contributed by atoms with Gasteiger partial charge in [-0.05, 0) is 19.3 Å². The maximum atomic E-state index is 11.4. The fourth-order valence-corrected chi connectivity index (χ4v) is 1.05. The minimum Gasteiger partial charge on any atom is -0.353 e. The molecule has 4 heteroatoms. The second kappa shape index (κ2) is 6.39. The predicted octanol–water partition coefficient (Wildman–Crippen LogP) is 0.636. The molecule has 0 aliphatic rings. The summed E-state index contributed by atoms with van der Waals surface area (Å²) >= 11 is 0. The molecule has 14 heavy (non-hydrogen) atoms. The molecule has 0 saturated heterocycles. The molecule has 0 aliphatic carbocycles. The van der Waals surface area contributed by atoms with E-state index in [4.69, 9.17) is 11.0 Å². The normalized spacial score (nSPS) is 14.6. The molecule has 0 saturated carbocycles. The highest BCUT2D eigenvalue weighted by atomic mass is 16.2. The van der Waals surface area contributed by atoms with Crippen LogP contribution < -0.4 is 11.1 Å². The standard InChI is InChI=1S/C10H19N3O/c1-7(2)4-9(12)10(14)13-6-8(3)5-11/h7-9H,4,6,12H2,1-3H3,(H,13,14)/t8?,9-/m0/s1. The van der Waals surface area contributed by atoms with E-state index in [1.165, 1.54) is 0 Å². The Kier molecular flexibility index (Phi) is 5.89. The Morgan fingerprint density at radius 3 is 2.50 bits per heavy atom. The van der Waals surface area contributed by atoms with Gasteiger partial charge < -0.3 is 11.1 Å². The minimum atomic E-state index is -0.458. The van der Waals surface area contributed by atoms with E-state index >= 15 is 0 Å². The van der Waals surface area contributed by atoms with Gasteiger partial charge in [-0.1, -0.05) is 13.8 Å². The predicted molar refractivity (Wildman–Crippen MR) is 55.2 cm³/mol. The summed E-state index contributed by atoms with van der Waals surface area (Å²) in [6, 6.07) is 1.59. The van der Waals surface area contributed by atoms with Crippen molar-refractivity contribution in [1.29, 1.82) is 5.26 Å². The lowest BCUT2D eigenvalue weighted by atomic mass is 10.0. The summed E-state index contributed by atoms with van der Waals surface area (Å²) in [5, 5.41) is 11.2. The molecule has 4 nitrogen and oxygen atoms in total. The van der Waals surface area contributed by atoms with Gasteiger partial charge in [0.2, 0.25) is 5.91 Å². The van der Waals surface area contributed by atoms with Crippen LogP contribution in [0.2, 0.25) is 0 Å². The number of amides is 1. The van der Waals surface area contributed by atoms with E-state index in [1.807, 2.05) is 19.9 Å². The molecule has 0 heterocycles. The summed E-state index contributed by atoms with van der Waals surface area (Å²) in [5.41, 5.74) is 5.65. The van der Waals surface area contributed by atoms with Crippen LogP contribution >= 0.6 is 0 Å². The van der Waals surface area contributed by atoms with Crippen LogP contribution in [0.3, 0.4) is 0 Å². The molecule has 0 rings (SSSR count). The second-order valence-electron chi connectivity index (χ2n) is 4.01. The molecule has 0 aliphatic heterocycles. The zero-order chi connectivity index (χ0) is 11.1. The quantitative estimate of drug-likeness (QED) is 0.678. The van der Waals surface area contributed by atoms with Gasteiger partial charge in [-0.3, -0.25) is 4.79 Å². The number of carbonyl (C=O) groups is 1. The van der Waals surface area contributed by atoms with E-state index in [2.05, 4.69) is 5.32 Å². The third-order valence-electron chi connectivity index (χ3n) is 1.86. The number of rotatable bonds is 5. The Labute approximate surface area is 85.5 Å². The summed E-state index contributed by atoms with van der Waals surface area (Å²) in [7, 11) is 0. The smallest absolute Gasteiger partial charge is 0.236 e. The van der Waals surface area contributed by atoms with E-state index in [1.54, 1.807) is 6.92 Å². The van der Waals surface area contributed by atoms with Crippen LogP contribution in [0, 0.1) is 23.2 Å². The Bertz CT molecular complexity index is 220. The lowest BCUT2D eigenvalue weighted by molar-refractivity contribution is -0.122. The number of nitriles is 1. The van der Waals surface area contributed by atoms with E-state index in [-0.39, 0.29) is 11.8 Å². The molecule has 3 N–H and O–H groups in total. The average molecular weight is 197 g/mol. The molecular formula is C10H19N3O. The summed E-state index contributed by atoms with van der Waals surface area (Å²) in [4.78, 5) is 11.4. The van der Waals surface area contributed by atoms with Gasteiger partial charge in [0.1, 0.15) is 0 Å². The summed E-state index contributed by atoms with van der Waals surface area (Å²) in [6.45, 7) is 6.17. The monoisotopic (exact) mass is 197 g/mol. The number of hydrogen-bond donors (Lipinski definition) is 2. The number of nitrogens with two attached hydrogens (primary N) is 1. The topological polar surface area (TPSA) is 78.9 Å². The van der Waals surface area contributed by atoms with Gasteiger partial charge in [-0.2, -0.15) is 5.26 Å². The highest BCUT2D eigenvalue weighted by Gasteiger charge is 2.14. The van der Waals surface area contributed by atoms with Crippen molar-refractivity contribution in [2.45, 2.75) is 33.2 Å². The van der Waals surface area contributed by atoms with Crippen molar-refractivity contribution in [3.63, 3.8) is 0 Å². The van der Waals surface area contributed by atoms with Crippen molar-refractivity contribution >= 4 is 5.91 Å². The first-order valence-corrected chi connectivity index (χ1v) is 4.90. The van der Waals surface area contributed by atoms with Gasteiger partial charge in [0.15, 0.2) is 0 Å².